The molecule has 0 spiro atoms. The van der Waals surface area contributed by atoms with Gasteiger partial charge in [0.1, 0.15) is 0 Å². The Bertz CT molecular complexity index is 1090. The van der Waals surface area contributed by atoms with Gasteiger partial charge in [0.25, 0.3) is 0 Å². The first kappa shape index (κ1) is 20.7. The fraction of sp³-hybridized carbons (Fsp3) is 0.355. The highest BCUT2D eigenvalue weighted by Crippen LogP contribution is 2.53. The van der Waals surface area contributed by atoms with Gasteiger partial charge >= 0.3 is 0 Å². The van der Waals surface area contributed by atoms with Crippen LogP contribution in [0.1, 0.15) is 49.3 Å². The van der Waals surface area contributed by atoms with Gasteiger partial charge in [0.2, 0.25) is 0 Å². The lowest BCUT2D eigenvalue weighted by Crippen LogP contribution is -2.53. The van der Waals surface area contributed by atoms with E-state index < -0.39 is 0 Å². The number of hydrogen-bond donors (Lipinski definition) is 0. The third-order valence-electron chi connectivity index (χ3n) is 8.41. The molecule has 2 heterocycles. The minimum Gasteiger partial charge on any atom is -0.351 e. The molecule has 3 aromatic carbocycles. The van der Waals surface area contributed by atoms with Gasteiger partial charge in [-0.2, -0.15) is 0 Å². The molecule has 1 saturated heterocycles. The third kappa shape index (κ3) is 3.11. The van der Waals surface area contributed by atoms with Crippen molar-refractivity contribution in [3.05, 3.63) is 114 Å². The lowest BCUT2D eigenvalue weighted by atomic mass is 9.81. The van der Waals surface area contributed by atoms with Gasteiger partial charge in [-0.1, -0.05) is 104 Å². The van der Waals surface area contributed by atoms with Crippen molar-refractivity contribution in [2.75, 3.05) is 4.90 Å². The summed E-state index contributed by atoms with van der Waals surface area (Å²) in [5.41, 5.74) is 5.28. The average molecular weight is 435 g/mol. The quantitative estimate of drug-likeness (QED) is 0.412. The number of aryl methyl sites for hydroxylation is 1. The van der Waals surface area contributed by atoms with Crippen LogP contribution in [0.25, 0.3) is 0 Å². The van der Waals surface area contributed by atoms with Gasteiger partial charge in [-0.25, -0.2) is 0 Å². The molecule has 3 atom stereocenters. The smallest absolute Gasteiger partial charge is 0.0924 e. The van der Waals surface area contributed by atoms with E-state index in [-0.39, 0.29) is 5.54 Å². The van der Waals surface area contributed by atoms with Crippen LogP contribution >= 0.6 is 0 Å². The maximum atomic E-state index is 2.88. The highest BCUT2D eigenvalue weighted by Gasteiger charge is 2.58. The van der Waals surface area contributed by atoms with Gasteiger partial charge < -0.3 is 4.90 Å². The topological polar surface area (TPSA) is 6.48 Å². The second-order valence-corrected chi connectivity index (χ2v) is 10.1. The molecule has 2 fully saturated rings. The normalized spacial score (nSPS) is 26.7. The zero-order chi connectivity index (χ0) is 22.4. The number of benzene rings is 3. The first-order valence-corrected chi connectivity index (χ1v) is 12.6. The van der Waals surface area contributed by atoms with Gasteiger partial charge in [-0.05, 0) is 55.4 Å². The summed E-state index contributed by atoms with van der Waals surface area (Å²) in [5.74, 6) is 0.684. The van der Waals surface area contributed by atoms with E-state index in [0.717, 1.165) is 0 Å². The van der Waals surface area contributed by atoms with Crippen molar-refractivity contribution >= 4 is 5.69 Å². The molecule has 6 rings (SSSR count). The van der Waals surface area contributed by atoms with Crippen molar-refractivity contribution in [3.63, 3.8) is 0 Å². The molecule has 33 heavy (non-hydrogen) atoms. The molecule has 0 radical (unpaired) electrons. The predicted octanol–water partition coefficient (Wildman–Crippen LogP) is 6.90. The fourth-order valence-electron chi connectivity index (χ4n) is 6.94. The van der Waals surface area contributed by atoms with Crippen molar-refractivity contribution in [2.45, 2.75) is 63.3 Å². The van der Waals surface area contributed by atoms with Gasteiger partial charge in [-0.15, -0.1) is 0 Å². The predicted molar refractivity (Wildman–Crippen MR) is 137 cm³/mol. The van der Waals surface area contributed by atoms with E-state index in [1.54, 1.807) is 0 Å². The number of nitrogens with zero attached hydrogens (tertiary/aromatic N) is 2. The number of para-hydroxylation sites is 1. The van der Waals surface area contributed by atoms with Crippen molar-refractivity contribution in [1.29, 1.82) is 0 Å². The van der Waals surface area contributed by atoms with Crippen LogP contribution in [0.2, 0.25) is 0 Å². The molecule has 2 heteroatoms. The minimum atomic E-state index is -0.244. The van der Waals surface area contributed by atoms with Crippen LogP contribution in [0.4, 0.5) is 5.69 Å². The summed E-state index contributed by atoms with van der Waals surface area (Å²) in [6, 6.07) is 32.2. The Hall–Kier alpha value is -2.84. The summed E-state index contributed by atoms with van der Waals surface area (Å²) in [6.45, 7) is 4.71. The molecule has 0 aromatic heterocycles. The molecule has 3 aliphatic rings. The molecule has 2 nitrogen and oxygen atoms in total. The summed E-state index contributed by atoms with van der Waals surface area (Å²) < 4.78 is 0. The van der Waals surface area contributed by atoms with Crippen LogP contribution in [0.3, 0.4) is 0 Å². The molecular weight excluding hydrogens is 400 g/mol. The van der Waals surface area contributed by atoms with Gasteiger partial charge in [0.05, 0.1) is 17.7 Å². The van der Waals surface area contributed by atoms with Gasteiger partial charge in [0.15, 0.2) is 0 Å². The SMILES string of the molecule is Cc1ccccc1N1C(C2CCCC2)N2C(C=CC2(c2ccccc2)c2ccccc2)[C@@H]1C. The highest BCUT2D eigenvalue weighted by molar-refractivity contribution is 5.59. The lowest BCUT2D eigenvalue weighted by molar-refractivity contribution is 0.0985. The molecule has 1 aliphatic carbocycles. The van der Waals surface area contributed by atoms with E-state index in [2.05, 4.69) is 121 Å². The first-order chi connectivity index (χ1) is 16.2. The van der Waals surface area contributed by atoms with Gasteiger partial charge in [0, 0.05) is 11.7 Å². The van der Waals surface area contributed by atoms with E-state index in [1.807, 2.05) is 0 Å². The average Bonchev–Trinajstić information content (AvgIpc) is 3.58. The third-order valence-corrected chi connectivity index (χ3v) is 8.41. The monoisotopic (exact) mass is 434 g/mol. The maximum absolute atomic E-state index is 2.88. The molecule has 3 aromatic rings. The van der Waals surface area contributed by atoms with Crippen LogP contribution in [-0.2, 0) is 5.54 Å². The molecule has 1 saturated carbocycles. The summed E-state index contributed by atoms with van der Waals surface area (Å²) in [4.78, 5) is 5.66. The molecule has 0 amide bonds. The molecule has 0 N–H and O–H groups in total. The number of fused-ring (bicyclic) bond motifs is 1. The summed E-state index contributed by atoms with van der Waals surface area (Å²) >= 11 is 0. The van der Waals surface area contributed by atoms with Crippen LogP contribution in [-0.4, -0.2) is 23.1 Å². The molecule has 2 aliphatic heterocycles. The second kappa shape index (κ2) is 8.18. The van der Waals surface area contributed by atoms with Crippen LogP contribution in [0, 0.1) is 12.8 Å². The maximum Gasteiger partial charge on any atom is 0.0924 e. The Balaban J connectivity index is 1.57. The highest BCUT2D eigenvalue weighted by atomic mass is 15.5. The summed E-state index contributed by atoms with van der Waals surface area (Å²) in [6.07, 6.45) is 10.7. The largest absolute Gasteiger partial charge is 0.351 e. The van der Waals surface area contributed by atoms with E-state index in [0.29, 0.717) is 24.2 Å². The fourth-order valence-corrected chi connectivity index (χ4v) is 6.94. The van der Waals surface area contributed by atoms with Crippen LogP contribution < -0.4 is 4.90 Å². The zero-order valence-electron chi connectivity index (χ0n) is 19.8. The Morgan fingerprint density at radius 3 is 1.94 bits per heavy atom. The van der Waals surface area contributed by atoms with E-state index in [4.69, 9.17) is 0 Å². The van der Waals surface area contributed by atoms with Crippen LogP contribution in [0.5, 0.6) is 0 Å². The minimum absolute atomic E-state index is 0.244. The van der Waals surface area contributed by atoms with Crippen LogP contribution in [0.15, 0.2) is 97.1 Å². The van der Waals surface area contributed by atoms with Crippen molar-refractivity contribution < 1.29 is 0 Å². The molecule has 168 valence electrons. The lowest BCUT2D eigenvalue weighted by Gasteiger charge is -2.46. The number of anilines is 1. The Labute approximate surface area is 198 Å². The Morgan fingerprint density at radius 2 is 1.33 bits per heavy atom. The Morgan fingerprint density at radius 1 is 0.758 bits per heavy atom. The van der Waals surface area contributed by atoms with Crippen molar-refractivity contribution in [3.8, 4) is 0 Å². The molecule has 2 unspecified atom stereocenters. The molecular formula is C31H34N2. The summed E-state index contributed by atoms with van der Waals surface area (Å²) in [7, 11) is 0. The first-order valence-electron chi connectivity index (χ1n) is 12.6. The standard InChI is InChI=1S/C31H34N2/c1-23-13-9-12-20-28(23)32-24(2)29-21-22-31(26-16-5-3-6-17-26,27-18-7-4-8-19-27)33(29)30(32)25-14-10-11-15-25/h3-9,12-13,16-22,24-25,29-30H,10-11,14-15H2,1-2H3/t24-,29?,30?/m0/s1. The zero-order valence-corrected chi connectivity index (χ0v) is 19.8. The summed E-state index contributed by atoms with van der Waals surface area (Å²) in [5, 5.41) is 0. The van der Waals surface area contributed by atoms with Gasteiger partial charge in [-0.3, -0.25) is 4.90 Å². The van der Waals surface area contributed by atoms with E-state index >= 15 is 0 Å². The molecule has 0 bridgehead atoms. The number of rotatable bonds is 4. The van der Waals surface area contributed by atoms with E-state index in [1.165, 1.54) is 48.1 Å². The van der Waals surface area contributed by atoms with E-state index in [9.17, 15) is 0 Å². The van der Waals surface area contributed by atoms with Crippen molar-refractivity contribution in [2.24, 2.45) is 5.92 Å². The van der Waals surface area contributed by atoms with Crippen molar-refractivity contribution in [1.82, 2.24) is 4.90 Å². The second-order valence-electron chi connectivity index (χ2n) is 10.1. The number of hydrogen-bond acceptors (Lipinski definition) is 2. The Kier molecular flexibility index (Phi) is 5.14.